The molecule has 9 heteroatoms. The lowest BCUT2D eigenvalue weighted by Gasteiger charge is -2.17. The van der Waals surface area contributed by atoms with Crippen LogP contribution >= 0.6 is 35.0 Å². The number of sulfonamides is 1. The first-order valence-corrected chi connectivity index (χ1v) is 11.7. The van der Waals surface area contributed by atoms with Gasteiger partial charge in [-0.25, -0.2) is 13.4 Å². The Balaban J connectivity index is 0.00000256. The maximum atomic E-state index is 11.5. The number of para-hydroxylation sites is 1. The average Bonchev–Trinajstić information content (AvgIpc) is 2.68. The molecule has 0 saturated carbocycles. The zero-order chi connectivity index (χ0) is 20.6. The standard InChI is InChI=1S/C21H18IN3O3S.ClH/c1-28-20-12-14(25-29(2,26)27)8-10-19(20)24-21-15-5-3-4-6-17(15)23-18-9-7-13(22)11-16(18)21;/h3-12,25H,1-2H3,(H,23,24);1H. The summed E-state index contributed by atoms with van der Waals surface area (Å²) in [6, 6.07) is 19.2. The van der Waals surface area contributed by atoms with Gasteiger partial charge in [0.05, 0.1) is 41.5 Å². The zero-order valence-corrected chi connectivity index (χ0v) is 19.9. The molecule has 3 aromatic carbocycles. The van der Waals surface area contributed by atoms with Crippen molar-refractivity contribution in [1.29, 1.82) is 0 Å². The Morgan fingerprint density at radius 1 is 0.967 bits per heavy atom. The maximum Gasteiger partial charge on any atom is 0.229 e. The second-order valence-electron chi connectivity index (χ2n) is 6.58. The van der Waals surface area contributed by atoms with Crippen LogP contribution in [0, 0.1) is 3.57 Å². The summed E-state index contributed by atoms with van der Waals surface area (Å²) in [6.45, 7) is 0. The molecular formula is C21H19ClIN3O3S. The van der Waals surface area contributed by atoms with Gasteiger partial charge in [-0.2, -0.15) is 0 Å². The summed E-state index contributed by atoms with van der Waals surface area (Å²) in [5.41, 5.74) is 3.86. The molecule has 6 nitrogen and oxygen atoms in total. The number of aromatic nitrogens is 1. The molecule has 2 N–H and O–H groups in total. The minimum absolute atomic E-state index is 0. The number of halogens is 2. The molecule has 0 aliphatic rings. The largest absolute Gasteiger partial charge is 0.494 e. The van der Waals surface area contributed by atoms with Crippen molar-refractivity contribution in [2.45, 2.75) is 0 Å². The third-order valence-electron chi connectivity index (χ3n) is 4.41. The number of anilines is 3. The molecule has 156 valence electrons. The van der Waals surface area contributed by atoms with Crippen molar-refractivity contribution in [3.63, 3.8) is 0 Å². The highest BCUT2D eigenvalue weighted by atomic mass is 127. The number of hydrogen-bond acceptors (Lipinski definition) is 5. The van der Waals surface area contributed by atoms with Gasteiger partial charge >= 0.3 is 0 Å². The van der Waals surface area contributed by atoms with Gasteiger partial charge in [-0.3, -0.25) is 4.72 Å². The molecule has 4 aromatic rings. The molecule has 0 saturated heterocycles. The lowest BCUT2D eigenvalue weighted by molar-refractivity contribution is 0.417. The maximum absolute atomic E-state index is 11.5. The van der Waals surface area contributed by atoms with Crippen molar-refractivity contribution in [3.8, 4) is 5.75 Å². The van der Waals surface area contributed by atoms with Crippen LogP contribution in [0.3, 0.4) is 0 Å². The van der Waals surface area contributed by atoms with Crippen LogP contribution < -0.4 is 14.8 Å². The Morgan fingerprint density at radius 2 is 1.70 bits per heavy atom. The summed E-state index contributed by atoms with van der Waals surface area (Å²) in [7, 11) is -1.82. The number of hydrogen-bond donors (Lipinski definition) is 2. The minimum Gasteiger partial charge on any atom is -0.494 e. The number of ether oxygens (including phenoxy) is 1. The Labute approximate surface area is 194 Å². The third kappa shape index (κ3) is 4.71. The van der Waals surface area contributed by atoms with E-state index in [1.807, 2.05) is 36.4 Å². The molecule has 0 spiro atoms. The quantitative estimate of drug-likeness (QED) is 0.250. The topological polar surface area (TPSA) is 80.3 Å². The molecule has 0 fully saturated rings. The number of nitrogens with zero attached hydrogens (tertiary/aromatic N) is 1. The van der Waals surface area contributed by atoms with E-state index in [-0.39, 0.29) is 12.4 Å². The SMILES string of the molecule is COc1cc(NS(C)(=O)=O)ccc1Nc1c2ccccc2nc2ccc(I)cc12.Cl. The van der Waals surface area contributed by atoms with Gasteiger partial charge in [0.2, 0.25) is 10.0 Å². The van der Waals surface area contributed by atoms with Gasteiger partial charge in [-0.15, -0.1) is 12.4 Å². The number of nitrogens with one attached hydrogen (secondary N) is 2. The predicted octanol–water partition coefficient (Wildman–Crippen LogP) is 5.54. The molecule has 0 amide bonds. The van der Waals surface area contributed by atoms with E-state index in [0.717, 1.165) is 43.0 Å². The Kier molecular flexibility index (Phi) is 6.59. The second kappa shape index (κ2) is 8.83. The lowest BCUT2D eigenvalue weighted by Crippen LogP contribution is -2.09. The van der Waals surface area contributed by atoms with Crippen LogP contribution in [0.5, 0.6) is 5.75 Å². The van der Waals surface area contributed by atoms with E-state index >= 15 is 0 Å². The first-order chi connectivity index (χ1) is 13.8. The van der Waals surface area contributed by atoms with Gasteiger partial charge in [-0.05, 0) is 59.0 Å². The van der Waals surface area contributed by atoms with Gasteiger partial charge in [-0.1, -0.05) is 18.2 Å². The number of fused-ring (bicyclic) bond motifs is 2. The van der Waals surface area contributed by atoms with Crippen LogP contribution in [0.2, 0.25) is 0 Å². The van der Waals surface area contributed by atoms with Crippen LogP contribution in [-0.4, -0.2) is 26.8 Å². The highest BCUT2D eigenvalue weighted by Crippen LogP contribution is 2.37. The number of rotatable bonds is 5. The van der Waals surface area contributed by atoms with Gasteiger partial charge < -0.3 is 10.1 Å². The third-order valence-corrected chi connectivity index (χ3v) is 5.68. The van der Waals surface area contributed by atoms with E-state index in [9.17, 15) is 8.42 Å². The zero-order valence-electron chi connectivity index (χ0n) is 16.1. The van der Waals surface area contributed by atoms with Crippen molar-refractivity contribution in [3.05, 3.63) is 64.2 Å². The highest BCUT2D eigenvalue weighted by Gasteiger charge is 2.13. The van der Waals surface area contributed by atoms with Crippen molar-refractivity contribution in [1.82, 2.24) is 4.98 Å². The summed E-state index contributed by atoms with van der Waals surface area (Å²) in [4.78, 5) is 4.77. The summed E-state index contributed by atoms with van der Waals surface area (Å²) in [5.74, 6) is 0.526. The molecule has 30 heavy (non-hydrogen) atoms. The van der Waals surface area contributed by atoms with Crippen LogP contribution in [0.15, 0.2) is 60.7 Å². The predicted molar refractivity (Wildman–Crippen MR) is 134 cm³/mol. The summed E-state index contributed by atoms with van der Waals surface area (Å²) in [5, 5.41) is 5.47. The molecule has 0 unspecified atom stereocenters. The fourth-order valence-corrected chi connectivity index (χ4v) is 4.25. The molecule has 0 atom stereocenters. The summed E-state index contributed by atoms with van der Waals surface area (Å²) >= 11 is 2.28. The van der Waals surface area contributed by atoms with Gasteiger partial charge in [0.25, 0.3) is 0 Å². The normalized spacial score (nSPS) is 11.2. The molecular weight excluding hydrogens is 537 g/mol. The number of methoxy groups -OCH3 is 1. The second-order valence-corrected chi connectivity index (χ2v) is 9.57. The van der Waals surface area contributed by atoms with Crippen molar-refractivity contribution < 1.29 is 13.2 Å². The van der Waals surface area contributed by atoms with E-state index in [1.165, 1.54) is 0 Å². The molecule has 4 rings (SSSR count). The molecule has 0 bridgehead atoms. The fourth-order valence-electron chi connectivity index (χ4n) is 3.20. The van der Waals surface area contributed by atoms with E-state index in [0.29, 0.717) is 11.4 Å². The Hall–Kier alpha value is -2.30. The van der Waals surface area contributed by atoms with Crippen LogP contribution in [0.25, 0.3) is 21.8 Å². The van der Waals surface area contributed by atoms with Crippen LogP contribution in [0.1, 0.15) is 0 Å². The van der Waals surface area contributed by atoms with Crippen LogP contribution in [-0.2, 0) is 10.0 Å². The lowest BCUT2D eigenvalue weighted by atomic mass is 10.1. The smallest absolute Gasteiger partial charge is 0.229 e. The average molecular weight is 556 g/mol. The fraction of sp³-hybridized carbons (Fsp3) is 0.0952. The number of pyridine rings is 1. The number of benzene rings is 3. The van der Waals surface area contributed by atoms with Crippen LogP contribution in [0.4, 0.5) is 17.1 Å². The van der Waals surface area contributed by atoms with Gasteiger partial charge in [0.1, 0.15) is 5.75 Å². The molecule has 1 aromatic heterocycles. The minimum atomic E-state index is -3.37. The van der Waals surface area contributed by atoms with Gasteiger partial charge in [0.15, 0.2) is 0 Å². The summed E-state index contributed by atoms with van der Waals surface area (Å²) in [6.07, 6.45) is 1.11. The first kappa shape index (κ1) is 22.4. The van der Waals surface area contributed by atoms with Gasteiger partial charge in [0, 0.05) is 20.4 Å². The molecule has 0 radical (unpaired) electrons. The Morgan fingerprint density at radius 3 is 2.43 bits per heavy atom. The molecule has 0 aliphatic heterocycles. The molecule has 1 heterocycles. The van der Waals surface area contributed by atoms with E-state index in [1.54, 1.807) is 25.3 Å². The van der Waals surface area contributed by atoms with E-state index in [2.05, 4.69) is 38.7 Å². The highest BCUT2D eigenvalue weighted by molar-refractivity contribution is 14.1. The molecule has 0 aliphatic carbocycles. The Bertz CT molecular complexity index is 1350. The van der Waals surface area contributed by atoms with E-state index < -0.39 is 10.0 Å². The monoisotopic (exact) mass is 555 g/mol. The van der Waals surface area contributed by atoms with E-state index in [4.69, 9.17) is 9.72 Å². The summed E-state index contributed by atoms with van der Waals surface area (Å²) < 4.78 is 32.1. The van der Waals surface area contributed by atoms with Crippen molar-refractivity contribution in [2.75, 3.05) is 23.4 Å². The first-order valence-electron chi connectivity index (χ1n) is 8.75. The van der Waals surface area contributed by atoms with Crippen molar-refractivity contribution in [2.24, 2.45) is 0 Å². The van der Waals surface area contributed by atoms with Crippen molar-refractivity contribution >= 4 is 83.9 Å².